The van der Waals surface area contributed by atoms with Gasteiger partial charge in [0.25, 0.3) is 0 Å². The fraction of sp³-hybridized carbons (Fsp3) is 0.448. The van der Waals surface area contributed by atoms with Crippen LogP contribution in [0, 0.1) is 5.41 Å². The molecule has 3 heterocycles. The lowest BCUT2D eigenvalue weighted by Gasteiger charge is -2.53. The maximum Gasteiger partial charge on any atom is 0.573 e. The number of carboxylic acid groups (broad SMARTS) is 1. The van der Waals surface area contributed by atoms with Crippen LogP contribution in [0.4, 0.5) is 13.2 Å². The van der Waals surface area contributed by atoms with Crippen LogP contribution in [0.2, 0.25) is 0 Å². The second-order valence-electron chi connectivity index (χ2n) is 10.9. The number of para-hydroxylation sites is 1. The molecule has 0 atom stereocenters. The molecule has 2 aliphatic heterocycles. The summed E-state index contributed by atoms with van der Waals surface area (Å²) < 4.78 is 61.6. The van der Waals surface area contributed by atoms with Crippen LogP contribution in [-0.2, 0) is 21.7 Å². The molecule has 0 unspecified atom stereocenters. The molecule has 4 aliphatic rings. The van der Waals surface area contributed by atoms with E-state index >= 15 is 0 Å². The van der Waals surface area contributed by atoms with Crippen molar-refractivity contribution in [3.8, 4) is 17.0 Å². The minimum atomic E-state index is -4.83. The number of fused-ring (bicyclic) bond motifs is 3. The van der Waals surface area contributed by atoms with Gasteiger partial charge in [0.05, 0.1) is 31.0 Å². The first-order valence-corrected chi connectivity index (χ1v) is 13.1. The van der Waals surface area contributed by atoms with E-state index in [1.807, 2.05) is 12.1 Å². The van der Waals surface area contributed by atoms with Crippen molar-refractivity contribution in [3.05, 3.63) is 71.0 Å². The van der Waals surface area contributed by atoms with Gasteiger partial charge in [-0.2, -0.15) is 0 Å². The molecule has 206 valence electrons. The zero-order valence-corrected chi connectivity index (χ0v) is 21.1. The third-order valence-electron chi connectivity index (χ3n) is 8.22. The summed E-state index contributed by atoms with van der Waals surface area (Å²) in [5, 5.41) is 13.3. The second kappa shape index (κ2) is 9.67. The van der Waals surface area contributed by atoms with Gasteiger partial charge in [-0.3, -0.25) is 0 Å². The molecule has 2 bridgehead atoms. The van der Waals surface area contributed by atoms with Gasteiger partial charge in [-0.15, -0.1) is 13.2 Å². The Kier molecular flexibility index (Phi) is 6.42. The molecule has 3 aromatic rings. The first kappa shape index (κ1) is 25.9. The van der Waals surface area contributed by atoms with Crippen LogP contribution in [-0.4, -0.2) is 35.8 Å². The Morgan fingerprint density at radius 1 is 1.05 bits per heavy atom. The summed E-state index contributed by atoms with van der Waals surface area (Å²) in [6, 6.07) is 12.8. The van der Waals surface area contributed by atoms with Crippen LogP contribution in [0.1, 0.15) is 71.7 Å². The van der Waals surface area contributed by atoms with E-state index in [1.165, 1.54) is 18.2 Å². The van der Waals surface area contributed by atoms with Crippen LogP contribution < -0.4 is 4.74 Å². The van der Waals surface area contributed by atoms with E-state index < -0.39 is 17.9 Å². The Morgan fingerprint density at radius 2 is 1.77 bits per heavy atom. The van der Waals surface area contributed by atoms with Crippen LogP contribution in [0.15, 0.2) is 53.1 Å². The number of nitrogens with zero attached hydrogens (tertiary/aromatic N) is 1. The number of carbonyl (C=O) groups is 1. The van der Waals surface area contributed by atoms with Gasteiger partial charge >= 0.3 is 12.3 Å². The maximum atomic E-state index is 13.0. The highest BCUT2D eigenvalue weighted by atomic mass is 19.4. The molecule has 0 amide bonds. The van der Waals surface area contributed by atoms with Crippen LogP contribution in [0.25, 0.3) is 11.3 Å². The molecule has 7 rings (SSSR count). The SMILES string of the molecule is O=C(O)c1ccc(C23CCC(COCc4c(-c5ccccc5OC(F)(F)F)noc4C4CC4)(CC2)CO3)cc1. The molecule has 0 radical (unpaired) electrons. The van der Waals surface area contributed by atoms with Gasteiger partial charge in [-0.05, 0) is 68.4 Å². The number of aromatic carboxylic acids is 1. The molecule has 2 saturated carbocycles. The molecule has 1 N–H and O–H groups in total. The van der Waals surface area contributed by atoms with Gasteiger partial charge in [-0.25, -0.2) is 4.79 Å². The topological polar surface area (TPSA) is 91.0 Å². The summed E-state index contributed by atoms with van der Waals surface area (Å²) >= 11 is 0. The molecule has 10 heteroatoms. The zero-order chi connectivity index (χ0) is 27.3. The predicted molar refractivity (Wildman–Crippen MR) is 132 cm³/mol. The lowest BCUT2D eigenvalue weighted by molar-refractivity contribution is -0.274. The van der Waals surface area contributed by atoms with E-state index in [1.54, 1.807) is 18.2 Å². The van der Waals surface area contributed by atoms with Crippen molar-refractivity contribution in [3.63, 3.8) is 0 Å². The number of benzene rings is 2. The van der Waals surface area contributed by atoms with Gasteiger partial charge in [0, 0.05) is 22.5 Å². The van der Waals surface area contributed by atoms with Gasteiger partial charge in [-0.1, -0.05) is 29.4 Å². The van der Waals surface area contributed by atoms with Crippen LogP contribution in [0.5, 0.6) is 5.75 Å². The Hall–Kier alpha value is -3.37. The number of rotatable bonds is 9. The van der Waals surface area contributed by atoms with Gasteiger partial charge in [0.1, 0.15) is 17.2 Å². The minimum Gasteiger partial charge on any atom is -0.478 e. The second-order valence-corrected chi connectivity index (χ2v) is 10.9. The van der Waals surface area contributed by atoms with Crippen molar-refractivity contribution in [2.24, 2.45) is 5.41 Å². The zero-order valence-electron chi connectivity index (χ0n) is 21.1. The summed E-state index contributed by atoms with van der Waals surface area (Å²) in [5.74, 6) is -0.432. The summed E-state index contributed by atoms with van der Waals surface area (Å²) in [6.45, 7) is 1.12. The number of aromatic nitrogens is 1. The summed E-state index contributed by atoms with van der Waals surface area (Å²) in [4.78, 5) is 11.2. The van der Waals surface area contributed by atoms with Crippen LogP contribution in [0.3, 0.4) is 0 Å². The highest BCUT2D eigenvalue weighted by Gasteiger charge is 2.50. The van der Waals surface area contributed by atoms with Gasteiger partial charge in [0.2, 0.25) is 0 Å². The van der Waals surface area contributed by atoms with Gasteiger partial charge < -0.3 is 23.8 Å². The maximum absolute atomic E-state index is 13.0. The first-order chi connectivity index (χ1) is 18.7. The number of carboxylic acids is 1. The van der Waals surface area contributed by atoms with E-state index in [9.17, 15) is 23.1 Å². The number of halogens is 3. The van der Waals surface area contributed by atoms with E-state index in [2.05, 4.69) is 9.89 Å². The molecular weight excluding hydrogens is 515 g/mol. The number of alkyl halides is 3. The lowest BCUT2D eigenvalue weighted by Crippen LogP contribution is -2.51. The Morgan fingerprint density at radius 3 is 2.38 bits per heavy atom. The molecule has 7 nitrogen and oxygen atoms in total. The van der Waals surface area contributed by atoms with Crippen molar-refractivity contribution < 1.29 is 41.8 Å². The van der Waals surface area contributed by atoms with E-state index in [0.29, 0.717) is 30.2 Å². The molecule has 2 aliphatic carbocycles. The smallest absolute Gasteiger partial charge is 0.478 e. The van der Waals surface area contributed by atoms with Crippen molar-refractivity contribution >= 4 is 5.97 Å². The molecule has 2 aromatic carbocycles. The third-order valence-corrected chi connectivity index (χ3v) is 8.22. The highest BCUT2D eigenvalue weighted by molar-refractivity contribution is 5.87. The largest absolute Gasteiger partial charge is 0.573 e. The first-order valence-electron chi connectivity index (χ1n) is 13.1. The minimum absolute atomic E-state index is 0.156. The third kappa shape index (κ3) is 5.15. The van der Waals surface area contributed by atoms with Crippen molar-refractivity contribution in [1.82, 2.24) is 5.16 Å². The fourth-order valence-electron chi connectivity index (χ4n) is 5.82. The fourth-order valence-corrected chi connectivity index (χ4v) is 5.82. The predicted octanol–water partition coefficient (Wildman–Crippen LogP) is 6.82. The summed E-state index contributed by atoms with van der Waals surface area (Å²) in [5.41, 5.74) is 1.84. The molecule has 1 aromatic heterocycles. The average molecular weight is 544 g/mol. The monoisotopic (exact) mass is 543 g/mol. The van der Waals surface area contributed by atoms with E-state index in [0.717, 1.165) is 44.1 Å². The quantitative estimate of drug-likeness (QED) is 0.317. The molecular formula is C29H28F3NO6. The number of ether oxygens (including phenoxy) is 3. The molecule has 4 fully saturated rings. The average Bonchev–Trinajstić information content (AvgIpc) is 3.69. The molecule has 2 saturated heterocycles. The highest BCUT2D eigenvalue weighted by Crippen LogP contribution is 2.54. The summed E-state index contributed by atoms with van der Waals surface area (Å²) in [6.07, 6.45) is 0.438. The number of hydrogen-bond acceptors (Lipinski definition) is 6. The lowest BCUT2D eigenvalue weighted by atomic mass is 9.64. The van der Waals surface area contributed by atoms with Crippen molar-refractivity contribution in [1.29, 1.82) is 0 Å². The van der Waals surface area contributed by atoms with E-state index in [-0.39, 0.29) is 34.8 Å². The molecule has 0 spiro atoms. The normalized spacial score (nSPS) is 24.6. The van der Waals surface area contributed by atoms with Crippen molar-refractivity contribution in [2.75, 3.05) is 13.2 Å². The molecule has 39 heavy (non-hydrogen) atoms. The Balaban J connectivity index is 1.15. The Bertz CT molecular complexity index is 1340. The standard InChI is InChI=1S/C29H28F3NO6/c30-29(31,32)38-23-4-2-1-3-21(23)24-22(25(39-33-24)18-5-6-18)15-36-16-27-11-13-28(14-12-27,37-17-27)20-9-7-19(8-10-20)26(34)35/h1-4,7-10,18H,5-6,11-17H2,(H,34,35). The van der Waals surface area contributed by atoms with Gasteiger partial charge in [0.15, 0.2) is 0 Å². The van der Waals surface area contributed by atoms with E-state index in [4.69, 9.17) is 14.0 Å². The van der Waals surface area contributed by atoms with Crippen molar-refractivity contribution in [2.45, 2.75) is 63.0 Å². The van der Waals surface area contributed by atoms with Crippen LogP contribution >= 0.6 is 0 Å². The Labute approximate surface area is 222 Å². The number of hydrogen-bond donors (Lipinski definition) is 1. The summed E-state index contributed by atoms with van der Waals surface area (Å²) in [7, 11) is 0.